The summed E-state index contributed by atoms with van der Waals surface area (Å²) in [7, 11) is -1.15. The van der Waals surface area contributed by atoms with Crippen LogP contribution in [0.15, 0.2) is 30.3 Å². The molecule has 1 fully saturated rings. The van der Waals surface area contributed by atoms with Crippen LogP contribution >= 0.6 is 0 Å². The van der Waals surface area contributed by atoms with Crippen molar-refractivity contribution in [1.82, 2.24) is 0 Å². The lowest BCUT2D eigenvalue weighted by atomic mass is 9.89. The highest BCUT2D eigenvalue weighted by molar-refractivity contribution is 6.82. The van der Waals surface area contributed by atoms with Gasteiger partial charge in [-0.05, 0) is 23.4 Å². The summed E-state index contributed by atoms with van der Waals surface area (Å²) in [6, 6.07) is 15.9. The van der Waals surface area contributed by atoms with E-state index in [-0.39, 0.29) is 0 Å². The molecule has 1 aliphatic rings. The first kappa shape index (κ1) is 13.9. The van der Waals surface area contributed by atoms with Gasteiger partial charge in [0.25, 0.3) is 0 Å². The molecule has 1 unspecified atom stereocenters. The van der Waals surface area contributed by atoms with Crippen LogP contribution in [0.1, 0.15) is 52.0 Å². The van der Waals surface area contributed by atoms with E-state index in [9.17, 15) is 0 Å². The van der Waals surface area contributed by atoms with Gasteiger partial charge < -0.3 is 0 Å². The van der Waals surface area contributed by atoms with Crippen LogP contribution in [0.25, 0.3) is 0 Å². The standard InChI is InChI=1S/C17H28Si/c1-4-17(16-12-8-7-9-13-16)14-10-11-15-18(17,5-2)6-3/h7-9,12-13H,4-6,10-11,14-15H2,1-3H3. The molecule has 2 rings (SSSR count). The van der Waals surface area contributed by atoms with Gasteiger partial charge in [0.05, 0.1) is 8.07 Å². The smallest absolute Gasteiger partial charge is 0.0642 e. The first-order valence-corrected chi connectivity index (χ1v) is 10.4. The van der Waals surface area contributed by atoms with Gasteiger partial charge in [0.15, 0.2) is 0 Å². The van der Waals surface area contributed by atoms with Crippen LogP contribution in [0.5, 0.6) is 0 Å². The molecule has 1 heteroatoms. The fourth-order valence-corrected chi connectivity index (χ4v) is 10.8. The molecule has 0 bridgehead atoms. The molecule has 1 aliphatic heterocycles. The summed E-state index contributed by atoms with van der Waals surface area (Å²) in [5.74, 6) is 0. The minimum absolute atomic E-state index is 0.565. The molecule has 0 N–H and O–H groups in total. The zero-order valence-corrected chi connectivity index (χ0v) is 13.3. The molecule has 1 aromatic rings. The third-order valence-corrected chi connectivity index (χ3v) is 12.7. The van der Waals surface area contributed by atoms with Crippen LogP contribution < -0.4 is 0 Å². The number of hydrogen-bond acceptors (Lipinski definition) is 0. The van der Waals surface area contributed by atoms with Gasteiger partial charge in [-0.25, -0.2) is 0 Å². The molecule has 1 aromatic carbocycles. The van der Waals surface area contributed by atoms with Crippen molar-refractivity contribution >= 4 is 8.07 Å². The average Bonchev–Trinajstić information content (AvgIpc) is 2.47. The van der Waals surface area contributed by atoms with Crippen LogP contribution in [-0.4, -0.2) is 8.07 Å². The van der Waals surface area contributed by atoms with Gasteiger partial charge in [-0.2, -0.15) is 0 Å². The Kier molecular flexibility index (Phi) is 4.31. The highest BCUT2D eigenvalue weighted by Gasteiger charge is 2.51. The van der Waals surface area contributed by atoms with E-state index in [1.165, 1.54) is 37.8 Å². The summed E-state index contributed by atoms with van der Waals surface area (Å²) in [5.41, 5.74) is 1.66. The van der Waals surface area contributed by atoms with Crippen molar-refractivity contribution in [1.29, 1.82) is 0 Å². The Morgan fingerprint density at radius 2 is 1.67 bits per heavy atom. The maximum Gasteiger partial charge on any atom is 0.0642 e. The van der Waals surface area contributed by atoms with Gasteiger partial charge in [0, 0.05) is 0 Å². The SMILES string of the molecule is CCC1(c2ccccc2)CCCC[Si]1(CC)CC. The molecule has 0 radical (unpaired) electrons. The summed E-state index contributed by atoms with van der Waals surface area (Å²) >= 11 is 0. The van der Waals surface area contributed by atoms with Gasteiger partial charge in [-0.3, -0.25) is 0 Å². The second-order valence-corrected chi connectivity index (χ2v) is 11.4. The Bertz CT molecular complexity index is 366. The van der Waals surface area contributed by atoms with Crippen LogP contribution in [0.3, 0.4) is 0 Å². The Morgan fingerprint density at radius 3 is 2.22 bits per heavy atom. The fourth-order valence-electron chi connectivity index (χ4n) is 4.64. The van der Waals surface area contributed by atoms with E-state index in [0.29, 0.717) is 5.04 Å². The minimum atomic E-state index is -1.15. The monoisotopic (exact) mass is 260 g/mol. The molecule has 1 heterocycles. The Hall–Kier alpha value is -0.563. The van der Waals surface area contributed by atoms with Crippen LogP contribution in [0.4, 0.5) is 0 Å². The lowest BCUT2D eigenvalue weighted by Crippen LogP contribution is -2.57. The predicted molar refractivity (Wildman–Crippen MR) is 83.8 cm³/mol. The van der Waals surface area contributed by atoms with E-state index < -0.39 is 8.07 Å². The number of benzene rings is 1. The van der Waals surface area contributed by atoms with Crippen molar-refractivity contribution in [2.75, 3.05) is 0 Å². The van der Waals surface area contributed by atoms with Crippen LogP contribution in [0, 0.1) is 0 Å². The van der Waals surface area contributed by atoms with E-state index >= 15 is 0 Å². The van der Waals surface area contributed by atoms with Crippen molar-refractivity contribution in [3.8, 4) is 0 Å². The van der Waals surface area contributed by atoms with Crippen molar-refractivity contribution < 1.29 is 0 Å². The zero-order valence-electron chi connectivity index (χ0n) is 12.3. The molecule has 1 atom stereocenters. The van der Waals surface area contributed by atoms with Gasteiger partial charge >= 0.3 is 0 Å². The molecular weight excluding hydrogens is 232 g/mol. The summed E-state index contributed by atoms with van der Waals surface area (Å²) < 4.78 is 0. The normalized spacial score (nSPS) is 27.1. The van der Waals surface area contributed by atoms with Crippen molar-refractivity contribution in [3.63, 3.8) is 0 Å². The van der Waals surface area contributed by atoms with E-state index in [2.05, 4.69) is 51.1 Å². The first-order chi connectivity index (χ1) is 8.74. The quantitative estimate of drug-likeness (QED) is 0.623. The summed E-state index contributed by atoms with van der Waals surface area (Å²) in [6.07, 6.45) is 5.73. The Balaban J connectivity index is 2.51. The Labute approximate surface area is 114 Å². The minimum Gasteiger partial charge on any atom is -0.0677 e. The largest absolute Gasteiger partial charge is 0.0677 e. The number of hydrogen-bond donors (Lipinski definition) is 0. The lowest BCUT2D eigenvalue weighted by molar-refractivity contribution is 0.447. The van der Waals surface area contributed by atoms with E-state index in [4.69, 9.17) is 0 Å². The molecule has 18 heavy (non-hydrogen) atoms. The zero-order chi connectivity index (χ0) is 13.1. The molecule has 100 valence electrons. The molecule has 0 nitrogen and oxygen atoms in total. The van der Waals surface area contributed by atoms with Crippen LogP contribution in [-0.2, 0) is 5.04 Å². The lowest BCUT2D eigenvalue weighted by Gasteiger charge is -2.53. The molecule has 0 aliphatic carbocycles. The van der Waals surface area contributed by atoms with Crippen LogP contribution in [0.2, 0.25) is 18.1 Å². The van der Waals surface area contributed by atoms with E-state index in [0.717, 1.165) is 0 Å². The maximum absolute atomic E-state index is 2.47. The van der Waals surface area contributed by atoms with Gasteiger partial charge in [0.2, 0.25) is 0 Å². The average molecular weight is 260 g/mol. The third kappa shape index (κ3) is 1.97. The van der Waals surface area contributed by atoms with Gasteiger partial charge in [-0.1, -0.05) is 82.1 Å². The molecular formula is C17H28Si. The molecule has 0 amide bonds. The third-order valence-electron chi connectivity index (χ3n) is 5.81. The molecule has 0 spiro atoms. The van der Waals surface area contributed by atoms with Crippen molar-refractivity contribution in [2.45, 2.75) is 69.6 Å². The first-order valence-electron chi connectivity index (χ1n) is 7.80. The summed E-state index contributed by atoms with van der Waals surface area (Å²) in [4.78, 5) is 0. The molecule has 1 saturated heterocycles. The molecule has 0 saturated carbocycles. The van der Waals surface area contributed by atoms with Gasteiger partial charge in [-0.15, -0.1) is 0 Å². The summed E-state index contributed by atoms with van der Waals surface area (Å²) in [6.45, 7) is 7.37. The maximum atomic E-state index is 2.47. The topological polar surface area (TPSA) is 0 Å². The van der Waals surface area contributed by atoms with E-state index in [1.54, 1.807) is 11.6 Å². The highest BCUT2D eigenvalue weighted by Crippen LogP contribution is 2.51. The van der Waals surface area contributed by atoms with E-state index in [1.807, 2.05) is 0 Å². The molecule has 0 aromatic heterocycles. The van der Waals surface area contributed by atoms with Crippen molar-refractivity contribution in [2.24, 2.45) is 0 Å². The fraction of sp³-hybridized carbons (Fsp3) is 0.647. The van der Waals surface area contributed by atoms with Gasteiger partial charge in [0.1, 0.15) is 0 Å². The second-order valence-electron chi connectivity index (χ2n) is 6.00. The Morgan fingerprint density at radius 1 is 1.00 bits per heavy atom. The summed E-state index contributed by atoms with van der Waals surface area (Å²) in [5, 5.41) is 0.565. The predicted octanol–water partition coefficient (Wildman–Crippen LogP) is 5.55. The number of rotatable bonds is 4. The second kappa shape index (κ2) is 5.60. The highest BCUT2D eigenvalue weighted by atomic mass is 28.3. The van der Waals surface area contributed by atoms with Crippen molar-refractivity contribution in [3.05, 3.63) is 35.9 Å².